The van der Waals surface area contributed by atoms with Crippen molar-refractivity contribution in [3.63, 3.8) is 0 Å². The van der Waals surface area contributed by atoms with Gasteiger partial charge < -0.3 is 15.4 Å². The molecule has 0 aromatic heterocycles. The molecule has 0 aliphatic rings. The van der Waals surface area contributed by atoms with Crippen LogP contribution in [0, 0.1) is 11.3 Å². The first-order valence-corrected chi connectivity index (χ1v) is 10.8. The summed E-state index contributed by atoms with van der Waals surface area (Å²) in [5, 5.41) is 14.8. The number of carbonyl (C=O) groups is 2. The van der Waals surface area contributed by atoms with E-state index in [0.29, 0.717) is 44.9 Å². The van der Waals surface area contributed by atoms with Crippen molar-refractivity contribution in [2.24, 2.45) is 0 Å². The Morgan fingerprint density at radius 1 is 1.00 bits per heavy atom. The predicted octanol–water partition coefficient (Wildman–Crippen LogP) is 5.81. The van der Waals surface area contributed by atoms with Gasteiger partial charge in [-0.05, 0) is 72.3 Å². The fourth-order valence-electron chi connectivity index (χ4n) is 2.89. The second-order valence-electron chi connectivity index (χ2n) is 6.83. The largest absolute Gasteiger partial charge is 0.497 e. The zero-order valence-electron chi connectivity index (χ0n) is 17.9. The second kappa shape index (κ2) is 11.6. The number of nitrogens with one attached hydrogen (secondary N) is 2. The first-order valence-electron chi connectivity index (χ1n) is 9.91. The van der Waals surface area contributed by atoms with Crippen LogP contribution in [-0.2, 0) is 4.79 Å². The van der Waals surface area contributed by atoms with E-state index in [1.165, 1.54) is 37.5 Å². The van der Waals surface area contributed by atoms with Gasteiger partial charge >= 0.3 is 0 Å². The van der Waals surface area contributed by atoms with Crippen LogP contribution in [0.2, 0.25) is 0 Å². The van der Waals surface area contributed by atoms with Gasteiger partial charge in [0.1, 0.15) is 17.4 Å². The molecular weight excluding hydrogens is 460 g/mol. The van der Waals surface area contributed by atoms with Crippen LogP contribution < -0.4 is 15.4 Å². The molecule has 0 bridgehead atoms. The van der Waals surface area contributed by atoms with Gasteiger partial charge in [0.25, 0.3) is 17.6 Å². The molecule has 0 unspecified atom stereocenters. The highest BCUT2D eigenvalue weighted by Gasteiger charge is 2.11. The first-order chi connectivity index (χ1) is 16.4. The van der Waals surface area contributed by atoms with Crippen molar-refractivity contribution in [1.82, 2.24) is 0 Å². The zero-order valence-corrected chi connectivity index (χ0v) is 18.7. The lowest BCUT2D eigenvalue weighted by atomic mass is 10.1. The number of halogens is 2. The molecule has 9 heteroatoms. The smallest absolute Gasteiger partial charge is 0.288 e. The molecule has 172 valence electrons. The number of ether oxygens (including phenoxy) is 1. The maximum absolute atomic E-state index is 12.5. The first kappa shape index (κ1) is 24.5. The lowest BCUT2D eigenvalue weighted by Gasteiger charge is -2.08. The summed E-state index contributed by atoms with van der Waals surface area (Å²) in [5.74, 6) is -2.88. The highest BCUT2D eigenvalue weighted by Crippen LogP contribution is 2.26. The monoisotopic (exact) mass is 479 g/mol. The Kier molecular flexibility index (Phi) is 8.37. The average molecular weight is 480 g/mol. The Bertz CT molecular complexity index is 1240. The fourth-order valence-corrected chi connectivity index (χ4v) is 3.38. The van der Waals surface area contributed by atoms with E-state index >= 15 is 0 Å². The zero-order chi connectivity index (χ0) is 24.5. The van der Waals surface area contributed by atoms with Crippen molar-refractivity contribution in [3.05, 3.63) is 89.5 Å². The van der Waals surface area contributed by atoms with Gasteiger partial charge in [0.2, 0.25) is 0 Å². The number of carbonyl (C=O) groups excluding carboxylic acids is 2. The Balaban J connectivity index is 1.69. The quantitative estimate of drug-likeness (QED) is 0.242. The number of nitriles is 1. The minimum absolute atomic E-state index is 0.162. The number of anilines is 2. The minimum atomic E-state index is -2.54. The summed E-state index contributed by atoms with van der Waals surface area (Å²) in [4.78, 5) is 25.3. The average Bonchev–Trinajstić information content (AvgIpc) is 2.83. The van der Waals surface area contributed by atoms with E-state index in [2.05, 4.69) is 10.6 Å². The number of methoxy groups -OCH3 is 1. The molecule has 3 aromatic carbocycles. The minimum Gasteiger partial charge on any atom is -0.497 e. The van der Waals surface area contributed by atoms with E-state index in [0.717, 1.165) is 0 Å². The molecule has 0 aliphatic carbocycles. The highest BCUT2D eigenvalue weighted by atomic mass is 32.2. The van der Waals surface area contributed by atoms with E-state index in [1.54, 1.807) is 48.5 Å². The van der Waals surface area contributed by atoms with Gasteiger partial charge in [0, 0.05) is 21.8 Å². The van der Waals surface area contributed by atoms with E-state index in [4.69, 9.17) is 4.74 Å². The molecule has 0 aliphatic heterocycles. The summed E-state index contributed by atoms with van der Waals surface area (Å²) in [6.07, 6.45) is 1.39. The SMILES string of the molecule is COc1ccc(C(=O)Nc2cccc(/C=C(\C#N)C(=O)Nc3ccc(SC(F)F)cc3)c2)cc1. The van der Waals surface area contributed by atoms with Crippen LogP contribution in [0.4, 0.5) is 20.2 Å². The van der Waals surface area contributed by atoms with Crippen molar-refractivity contribution in [1.29, 1.82) is 5.26 Å². The van der Waals surface area contributed by atoms with Gasteiger partial charge in [-0.2, -0.15) is 14.0 Å². The number of thioether (sulfide) groups is 1. The van der Waals surface area contributed by atoms with E-state index < -0.39 is 11.7 Å². The number of alkyl halides is 2. The number of benzene rings is 3. The van der Waals surface area contributed by atoms with Gasteiger partial charge in [0.15, 0.2) is 0 Å². The van der Waals surface area contributed by atoms with Gasteiger partial charge in [-0.25, -0.2) is 0 Å². The van der Waals surface area contributed by atoms with Crippen LogP contribution >= 0.6 is 11.8 Å². The number of hydrogen-bond donors (Lipinski definition) is 2. The van der Waals surface area contributed by atoms with E-state index in [1.807, 2.05) is 6.07 Å². The molecule has 3 rings (SSSR count). The van der Waals surface area contributed by atoms with Crippen LogP contribution in [0.25, 0.3) is 6.08 Å². The molecule has 2 amide bonds. The molecule has 0 radical (unpaired) electrons. The third-order valence-corrected chi connectivity index (χ3v) is 5.23. The molecule has 0 saturated carbocycles. The van der Waals surface area contributed by atoms with E-state index in [9.17, 15) is 23.6 Å². The molecule has 0 saturated heterocycles. The number of amides is 2. The van der Waals surface area contributed by atoms with Crippen molar-refractivity contribution < 1.29 is 23.1 Å². The number of rotatable bonds is 8. The topological polar surface area (TPSA) is 91.2 Å². The van der Waals surface area contributed by atoms with E-state index in [-0.39, 0.29) is 11.5 Å². The molecule has 6 nitrogen and oxygen atoms in total. The Labute approximate surface area is 199 Å². The Morgan fingerprint density at radius 2 is 1.71 bits per heavy atom. The van der Waals surface area contributed by atoms with Crippen LogP contribution in [0.15, 0.2) is 83.3 Å². The number of nitrogens with zero attached hydrogens (tertiary/aromatic N) is 1. The summed E-state index contributed by atoms with van der Waals surface area (Å²) >= 11 is 0.399. The molecule has 34 heavy (non-hydrogen) atoms. The summed E-state index contributed by atoms with van der Waals surface area (Å²) in [5.41, 5.74) is 1.66. The third-order valence-electron chi connectivity index (χ3n) is 4.51. The summed E-state index contributed by atoms with van der Waals surface area (Å²) in [6.45, 7) is 0. The summed E-state index contributed by atoms with van der Waals surface area (Å²) in [6, 6.07) is 21.0. The molecule has 0 spiro atoms. The van der Waals surface area contributed by atoms with Crippen molar-refractivity contribution in [2.75, 3.05) is 17.7 Å². The Morgan fingerprint density at radius 3 is 2.32 bits per heavy atom. The third kappa shape index (κ3) is 6.92. The van der Waals surface area contributed by atoms with Crippen LogP contribution in [0.5, 0.6) is 5.75 Å². The molecule has 0 fully saturated rings. The van der Waals surface area contributed by atoms with Crippen LogP contribution in [-0.4, -0.2) is 24.7 Å². The lowest BCUT2D eigenvalue weighted by Crippen LogP contribution is -2.13. The predicted molar refractivity (Wildman–Crippen MR) is 128 cm³/mol. The van der Waals surface area contributed by atoms with Crippen LogP contribution in [0.3, 0.4) is 0 Å². The molecular formula is C25H19F2N3O3S. The van der Waals surface area contributed by atoms with Crippen molar-refractivity contribution in [3.8, 4) is 11.8 Å². The molecule has 3 aromatic rings. The standard InChI is InChI=1S/C25H19F2N3O3S/c1-33-21-9-5-17(6-10-21)23(31)30-20-4-2-3-16(14-20)13-18(15-28)24(32)29-19-7-11-22(12-8-19)34-25(26)27/h2-14,25H,1H3,(H,29,32)(H,30,31)/b18-13+. The maximum Gasteiger partial charge on any atom is 0.288 e. The highest BCUT2D eigenvalue weighted by molar-refractivity contribution is 7.99. The van der Waals surface area contributed by atoms with Crippen molar-refractivity contribution in [2.45, 2.75) is 10.7 Å². The fraction of sp³-hybridized carbons (Fsp3) is 0.0800. The molecule has 0 atom stereocenters. The van der Waals surface area contributed by atoms with Crippen molar-refractivity contribution >= 4 is 41.0 Å². The summed E-state index contributed by atoms with van der Waals surface area (Å²) in [7, 11) is 1.54. The normalized spacial score (nSPS) is 11.0. The van der Waals surface area contributed by atoms with Gasteiger partial charge in [-0.3, -0.25) is 9.59 Å². The van der Waals surface area contributed by atoms with Crippen LogP contribution in [0.1, 0.15) is 15.9 Å². The Hall–Kier alpha value is -4.16. The van der Waals surface area contributed by atoms with Gasteiger partial charge in [0.05, 0.1) is 7.11 Å². The number of hydrogen-bond acceptors (Lipinski definition) is 5. The maximum atomic E-state index is 12.5. The molecule has 0 heterocycles. The summed E-state index contributed by atoms with van der Waals surface area (Å²) < 4.78 is 29.9. The lowest BCUT2D eigenvalue weighted by molar-refractivity contribution is -0.112. The van der Waals surface area contributed by atoms with Gasteiger partial charge in [-0.15, -0.1) is 0 Å². The second-order valence-corrected chi connectivity index (χ2v) is 7.90. The van der Waals surface area contributed by atoms with Gasteiger partial charge in [-0.1, -0.05) is 23.9 Å². The molecule has 2 N–H and O–H groups in total.